The second-order valence-corrected chi connectivity index (χ2v) is 4.39. The van der Waals surface area contributed by atoms with Crippen molar-refractivity contribution in [2.45, 2.75) is 19.4 Å². The van der Waals surface area contributed by atoms with Crippen LogP contribution in [-0.2, 0) is 0 Å². The van der Waals surface area contributed by atoms with E-state index >= 15 is 0 Å². The molecule has 0 aromatic carbocycles. The van der Waals surface area contributed by atoms with Crippen molar-refractivity contribution in [3.8, 4) is 0 Å². The highest BCUT2D eigenvalue weighted by Crippen LogP contribution is 2.17. The van der Waals surface area contributed by atoms with Gasteiger partial charge in [0.1, 0.15) is 5.69 Å². The predicted molar refractivity (Wildman–Crippen MR) is 60.5 cm³/mol. The fraction of sp³-hybridized carbons (Fsp3) is 0.545. The van der Waals surface area contributed by atoms with Gasteiger partial charge in [-0.2, -0.15) is 5.10 Å². The van der Waals surface area contributed by atoms with E-state index in [1.54, 1.807) is 4.90 Å². The molecule has 0 saturated carbocycles. The first-order chi connectivity index (χ1) is 8.08. The molecule has 1 fully saturated rings. The number of nitrogens with zero attached hydrogens (tertiary/aromatic N) is 2. The number of likely N-dealkylation sites (tertiary alicyclic amines) is 1. The topological polar surface area (TPSA) is 86.3 Å². The lowest BCUT2D eigenvalue weighted by atomic mass is 9.96. The van der Waals surface area contributed by atoms with Crippen LogP contribution in [0.25, 0.3) is 0 Å². The molecule has 2 N–H and O–H groups in total. The number of amides is 1. The molecule has 1 aliphatic rings. The fourth-order valence-corrected chi connectivity index (χ4v) is 1.94. The Balaban J connectivity index is 2.10. The van der Waals surface area contributed by atoms with Crippen LogP contribution in [0, 0.1) is 5.92 Å². The summed E-state index contributed by atoms with van der Waals surface area (Å²) >= 11 is 0. The zero-order valence-electron chi connectivity index (χ0n) is 9.59. The number of aliphatic hydroxyl groups is 1. The van der Waals surface area contributed by atoms with Crippen molar-refractivity contribution in [2.24, 2.45) is 5.92 Å². The standard InChI is InChI=1S/C11H15N3O3/c1-7-6-14(5-4-9(7)15)11(17)8-2-3-10(16)13-12-8/h2-3,7,9,15H,4-6H2,1H3,(H,13,16). The van der Waals surface area contributed by atoms with E-state index in [1.165, 1.54) is 12.1 Å². The van der Waals surface area contributed by atoms with E-state index in [2.05, 4.69) is 10.2 Å². The molecule has 17 heavy (non-hydrogen) atoms. The molecule has 1 saturated heterocycles. The molecule has 1 aromatic heterocycles. The van der Waals surface area contributed by atoms with Crippen LogP contribution in [0.1, 0.15) is 23.8 Å². The highest BCUT2D eigenvalue weighted by atomic mass is 16.3. The molecule has 1 amide bonds. The smallest absolute Gasteiger partial charge is 0.274 e. The summed E-state index contributed by atoms with van der Waals surface area (Å²) in [5.74, 6) is -0.143. The molecule has 0 aliphatic carbocycles. The van der Waals surface area contributed by atoms with E-state index in [-0.39, 0.29) is 29.2 Å². The number of carbonyl (C=O) groups is 1. The van der Waals surface area contributed by atoms with Crippen LogP contribution < -0.4 is 5.56 Å². The number of aliphatic hydroxyl groups excluding tert-OH is 1. The Bertz CT molecular complexity index is 451. The Hall–Kier alpha value is -1.69. The van der Waals surface area contributed by atoms with Crippen molar-refractivity contribution >= 4 is 5.91 Å². The van der Waals surface area contributed by atoms with Crippen LogP contribution in [0.5, 0.6) is 0 Å². The third-order valence-electron chi connectivity index (χ3n) is 3.05. The largest absolute Gasteiger partial charge is 0.393 e. The van der Waals surface area contributed by atoms with Gasteiger partial charge in [-0.15, -0.1) is 0 Å². The Kier molecular flexibility index (Phi) is 3.23. The number of aromatic amines is 1. The molecule has 2 heterocycles. The summed E-state index contributed by atoms with van der Waals surface area (Å²) in [6.45, 7) is 2.94. The lowest BCUT2D eigenvalue weighted by Crippen LogP contribution is -2.45. The first kappa shape index (κ1) is 11.8. The first-order valence-corrected chi connectivity index (χ1v) is 5.61. The van der Waals surface area contributed by atoms with Crippen LogP contribution >= 0.6 is 0 Å². The maximum atomic E-state index is 12.0. The molecule has 2 atom stereocenters. The average Bonchev–Trinajstić information content (AvgIpc) is 2.33. The third-order valence-corrected chi connectivity index (χ3v) is 3.05. The second-order valence-electron chi connectivity index (χ2n) is 4.39. The number of H-pyrrole nitrogens is 1. The van der Waals surface area contributed by atoms with Crippen molar-refractivity contribution < 1.29 is 9.90 Å². The van der Waals surface area contributed by atoms with E-state index in [9.17, 15) is 14.7 Å². The van der Waals surface area contributed by atoms with Crippen LogP contribution in [0.4, 0.5) is 0 Å². The first-order valence-electron chi connectivity index (χ1n) is 5.61. The van der Waals surface area contributed by atoms with Crippen molar-refractivity contribution in [1.82, 2.24) is 15.1 Å². The number of rotatable bonds is 1. The Morgan fingerprint density at radius 3 is 2.94 bits per heavy atom. The zero-order chi connectivity index (χ0) is 12.4. The van der Waals surface area contributed by atoms with Crippen LogP contribution in [0.2, 0.25) is 0 Å². The molecule has 2 rings (SSSR count). The molecule has 0 spiro atoms. The molecule has 0 bridgehead atoms. The molecule has 6 nitrogen and oxygen atoms in total. The summed E-state index contributed by atoms with van der Waals surface area (Å²) in [5, 5.41) is 15.5. The highest BCUT2D eigenvalue weighted by Gasteiger charge is 2.28. The summed E-state index contributed by atoms with van der Waals surface area (Å²) in [6.07, 6.45) is 0.235. The number of nitrogens with one attached hydrogen (secondary N) is 1. The zero-order valence-corrected chi connectivity index (χ0v) is 9.59. The lowest BCUT2D eigenvalue weighted by molar-refractivity contribution is 0.0293. The Morgan fingerprint density at radius 1 is 1.59 bits per heavy atom. The van der Waals surface area contributed by atoms with E-state index in [4.69, 9.17) is 0 Å². The molecule has 2 unspecified atom stereocenters. The van der Waals surface area contributed by atoms with Crippen molar-refractivity contribution in [3.05, 3.63) is 28.2 Å². The van der Waals surface area contributed by atoms with E-state index in [0.717, 1.165) is 0 Å². The predicted octanol–water partition coefficient (Wildman–Crippen LogP) is -0.387. The second kappa shape index (κ2) is 4.67. The maximum Gasteiger partial charge on any atom is 0.274 e. The minimum Gasteiger partial charge on any atom is -0.393 e. The van der Waals surface area contributed by atoms with Gasteiger partial charge in [-0.05, 0) is 18.4 Å². The number of hydrogen-bond acceptors (Lipinski definition) is 4. The molecule has 0 radical (unpaired) electrons. The Morgan fingerprint density at radius 2 is 2.35 bits per heavy atom. The van der Waals surface area contributed by atoms with Gasteiger partial charge in [0.25, 0.3) is 11.5 Å². The van der Waals surface area contributed by atoms with Gasteiger partial charge in [-0.1, -0.05) is 6.92 Å². The van der Waals surface area contributed by atoms with Gasteiger partial charge in [0, 0.05) is 19.2 Å². The highest BCUT2D eigenvalue weighted by molar-refractivity contribution is 5.92. The number of carbonyl (C=O) groups excluding carboxylic acids is 1. The van der Waals surface area contributed by atoms with Crippen LogP contribution in [0.15, 0.2) is 16.9 Å². The molecular weight excluding hydrogens is 222 g/mol. The van der Waals surface area contributed by atoms with Gasteiger partial charge in [0.05, 0.1) is 6.10 Å². The SMILES string of the molecule is CC1CN(C(=O)c2ccc(=O)[nH]n2)CCC1O. The number of aromatic nitrogens is 2. The molecule has 1 aromatic rings. The molecule has 92 valence electrons. The van der Waals surface area contributed by atoms with Crippen molar-refractivity contribution in [1.29, 1.82) is 0 Å². The van der Waals surface area contributed by atoms with Gasteiger partial charge in [0.15, 0.2) is 0 Å². The van der Waals surface area contributed by atoms with Gasteiger partial charge < -0.3 is 10.0 Å². The maximum absolute atomic E-state index is 12.0. The van der Waals surface area contributed by atoms with Crippen LogP contribution in [0.3, 0.4) is 0 Å². The van der Waals surface area contributed by atoms with E-state index in [0.29, 0.717) is 19.5 Å². The Labute approximate surface area is 98.3 Å². The number of piperidine rings is 1. The minimum absolute atomic E-state index is 0.0652. The molecular formula is C11H15N3O3. The third kappa shape index (κ3) is 2.52. The quantitative estimate of drug-likeness (QED) is 0.696. The lowest BCUT2D eigenvalue weighted by Gasteiger charge is -2.34. The van der Waals surface area contributed by atoms with Gasteiger partial charge in [0.2, 0.25) is 0 Å². The van der Waals surface area contributed by atoms with Crippen molar-refractivity contribution in [3.63, 3.8) is 0 Å². The summed E-state index contributed by atoms with van der Waals surface area (Å²) in [7, 11) is 0. The summed E-state index contributed by atoms with van der Waals surface area (Å²) in [4.78, 5) is 24.5. The average molecular weight is 237 g/mol. The summed E-state index contributed by atoms with van der Waals surface area (Å²) in [6, 6.07) is 2.69. The van der Waals surface area contributed by atoms with Gasteiger partial charge in [-0.3, -0.25) is 9.59 Å². The summed E-state index contributed by atoms with van der Waals surface area (Å²) in [5.41, 5.74) is -0.0998. The van der Waals surface area contributed by atoms with E-state index < -0.39 is 0 Å². The minimum atomic E-state index is -0.345. The molecule has 6 heteroatoms. The monoisotopic (exact) mass is 237 g/mol. The van der Waals surface area contributed by atoms with Gasteiger partial charge in [-0.25, -0.2) is 5.10 Å². The fourth-order valence-electron chi connectivity index (χ4n) is 1.94. The molecule has 1 aliphatic heterocycles. The van der Waals surface area contributed by atoms with Gasteiger partial charge >= 0.3 is 0 Å². The number of hydrogen-bond donors (Lipinski definition) is 2. The normalized spacial score (nSPS) is 24.7. The summed E-state index contributed by atoms with van der Waals surface area (Å²) < 4.78 is 0. The van der Waals surface area contributed by atoms with E-state index in [1.807, 2.05) is 6.92 Å². The van der Waals surface area contributed by atoms with Crippen LogP contribution in [-0.4, -0.2) is 45.3 Å². The van der Waals surface area contributed by atoms with Crippen molar-refractivity contribution in [2.75, 3.05) is 13.1 Å².